The Morgan fingerprint density at radius 3 is 2.25 bits per heavy atom. The van der Waals surface area contributed by atoms with Crippen molar-refractivity contribution in [3.63, 3.8) is 0 Å². The number of amides is 2. The van der Waals surface area contributed by atoms with Crippen molar-refractivity contribution in [3.8, 4) is 11.5 Å². The van der Waals surface area contributed by atoms with Crippen LogP contribution in [0.1, 0.15) is 42.9 Å². The van der Waals surface area contributed by atoms with Crippen LogP contribution in [0.15, 0.2) is 108 Å². The number of benzene rings is 4. The minimum Gasteiger partial charge on any atom is -0.507 e. The van der Waals surface area contributed by atoms with Gasteiger partial charge in [0, 0.05) is 31.1 Å². The molecule has 3 saturated heterocycles. The van der Waals surface area contributed by atoms with Crippen LogP contribution in [0.5, 0.6) is 11.5 Å². The predicted octanol–water partition coefficient (Wildman–Crippen LogP) is 5.69. The molecule has 244 valence electrons. The van der Waals surface area contributed by atoms with Gasteiger partial charge in [0.15, 0.2) is 0 Å². The molecule has 8 rings (SSSR count). The van der Waals surface area contributed by atoms with Crippen LogP contribution in [0.2, 0.25) is 0 Å². The first-order valence-electron chi connectivity index (χ1n) is 17.0. The molecule has 48 heavy (non-hydrogen) atoms. The van der Waals surface area contributed by atoms with Crippen LogP contribution in [-0.2, 0) is 20.8 Å². The smallest absolute Gasteiger partial charge is 0.487 e. The number of rotatable bonds is 7. The van der Waals surface area contributed by atoms with Gasteiger partial charge in [0.25, 0.3) is 0 Å². The summed E-state index contributed by atoms with van der Waals surface area (Å²) < 4.78 is 12.5. The van der Waals surface area contributed by atoms with Gasteiger partial charge in [-0.2, -0.15) is 0 Å². The Bertz CT molecular complexity index is 1860. The molecule has 2 N–H and O–H groups in total. The standard InChI is InChI=1S/C39H39BN2O6/c43-34-16-15-31(29-13-7-8-14-30(29)34)35-22-32-36-33(21-26(37(32)40(46)48-35)24-47-28-11-5-2-6-12-28)38(44)42(39(36)45)27-17-19-41(20-18-27)23-25-9-3-1-4-10-25/h1-16,27,32-33,35-36,43,46H,17-24H2/t32-,33-,35-,36+/m0/s1. The van der Waals surface area contributed by atoms with Crippen LogP contribution in [0.3, 0.4) is 0 Å². The van der Waals surface area contributed by atoms with Crippen molar-refractivity contribution < 1.29 is 29.1 Å². The maximum Gasteiger partial charge on any atom is 0.487 e. The number of hydrogen-bond donors (Lipinski definition) is 2. The van der Waals surface area contributed by atoms with Gasteiger partial charge in [0.05, 0.1) is 17.9 Å². The third-order valence-electron chi connectivity index (χ3n) is 10.9. The van der Waals surface area contributed by atoms with Gasteiger partial charge in [-0.1, -0.05) is 78.9 Å². The number of imide groups is 1. The second-order valence-electron chi connectivity index (χ2n) is 13.6. The van der Waals surface area contributed by atoms with Crippen LogP contribution >= 0.6 is 0 Å². The van der Waals surface area contributed by atoms with E-state index in [9.17, 15) is 19.7 Å². The van der Waals surface area contributed by atoms with E-state index in [0.717, 1.165) is 49.0 Å². The highest BCUT2D eigenvalue weighted by Crippen LogP contribution is 2.52. The molecule has 0 spiro atoms. The first kappa shape index (κ1) is 30.9. The summed E-state index contributed by atoms with van der Waals surface area (Å²) in [4.78, 5) is 32.7. The number of ether oxygens (including phenoxy) is 1. The normalized spacial score (nSPS) is 25.0. The average Bonchev–Trinajstić information content (AvgIpc) is 3.37. The molecule has 4 atom stereocenters. The Balaban J connectivity index is 1.09. The first-order valence-corrected chi connectivity index (χ1v) is 17.0. The van der Waals surface area contributed by atoms with Crippen molar-refractivity contribution in [3.05, 3.63) is 119 Å². The van der Waals surface area contributed by atoms with Gasteiger partial charge in [0.2, 0.25) is 11.8 Å². The molecule has 4 aromatic rings. The van der Waals surface area contributed by atoms with Crippen LogP contribution in [-0.4, -0.2) is 64.6 Å². The number of nitrogens with zero attached hydrogens (tertiary/aromatic N) is 2. The topological polar surface area (TPSA) is 99.5 Å². The number of hydrogen-bond acceptors (Lipinski definition) is 7. The van der Waals surface area contributed by atoms with Crippen molar-refractivity contribution in [2.24, 2.45) is 17.8 Å². The van der Waals surface area contributed by atoms with E-state index in [1.54, 1.807) is 11.0 Å². The fourth-order valence-electron chi connectivity index (χ4n) is 8.58. The Hall–Kier alpha value is -4.44. The van der Waals surface area contributed by atoms with E-state index in [-0.39, 0.29) is 36.1 Å². The van der Waals surface area contributed by atoms with Gasteiger partial charge >= 0.3 is 7.12 Å². The Labute approximate surface area is 280 Å². The quantitative estimate of drug-likeness (QED) is 0.198. The molecule has 0 bridgehead atoms. The number of likely N-dealkylation sites (tertiary alicyclic amines) is 2. The van der Waals surface area contributed by atoms with Crippen molar-refractivity contribution in [1.29, 1.82) is 0 Å². The first-order chi connectivity index (χ1) is 23.5. The van der Waals surface area contributed by atoms with Gasteiger partial charge < -0.3 is 19.5 Å². The zero-order valence-electron chi connectivity index (χ0n) is 26.8. The number of fused-ring (bicyclic) bond motifs is 4. The number of phenols is 1. The monoisotopic (exact) mass is 642 g/mol. The van der Waals surface area contributed by atoms with E-state index in [4.69, 9.17) is 9.39 Å². The summed E-state index contributed by atoms with van der Waals surface area (Å²) >= 11 is 0. The number of allylic oxidation sites excluding steroid dienone is 1. The van der Waals surface area contributed by atoms with E-state index < -0.39 is 25.1 Å². The number of carbonyl (C=O) groups is 2. The highest BCUT2D eigenvalue weighted by Gasteiger charge is 2.59. The van der Waals surface area contributed by atoms with Crippen molar-refractivity contribution in [1.82, 2.24) is 9.80 Å². The summed E-state index contributed by atoms with van der Waals surface area (Å²) in [5.74, 6) is -0.826. The second-order valence-corrected chi connectivity index (χ2v) is 13.6. The van der Waals surface area contributed by atoms with Crippen LogP contribution < -0.4 is 4.74 Å². The molecular formula is C39H39BN2O6. The lowest BCUT2D eigenvalue weighted by molar-refractivity contribution is -0.144. The molecule has 0 saturated carbocycles. The zero-order valence-corrected chi connectivity index (χ0v) is 26.8. The van der Waals surface area contributed by atoms with E-state index in [1.807, 2.05) is 66.7 Å². The van der Waals surface area contributed by atoms with E-state index in [0.29, 0.717) is 29.4 Å². The highest BCUT2D eigenvalue weighted by atomic mass is 16.5. The van der Waals surface area contributed by atoms with Gasteiger partial charge in [0.1, 0.15) is 18.1 Å². The van der Waals surface area contributed by atoms with Crippen molar-refractivity contribution in [2.75, 3.05) is 19.7 Å². The summed E-state index contributed by atoms with van der Waals surface area (Å²) in [5, 5.41) is 23.7. The Morgan fingerprint density at radius 2 is 1.50 bits per heavy atom. The predicted molar refractivity (Wildman–Crippen MR) is 183 cm³/mol. The fraction of sp³-hybridized carbons (Fsp3) is 0.333. The molecule has 0 aromatic heterocycles. The van der Waals surface area contributed by atoms with Crippen molar-refractivity contribution >= 4 is 29.7 Å². The van der Waals surface area contributed by atoms with Gasteiger partial charge in [-0.15, -0.1) is 0 Å². The lowest BCUT2D eigenvalue weighted by Gasteiger charge is -2.42. The molecule has 4 aromatic carbocycles. The molecule has 3 heterocycles. The van der Waals surface area contributed by atoms with E-state index in [2.05, 4.69) is 29.2 Å². The third-order valence-corrected chi connectivity index (χ3v) is 10.9. The molecule has 8 nitrogen and oxygen atoms in total. The Morgan fingerprint density at radius 1 is 0.812 bits per heavy atom. The second kappa shape index (κ2) is 12.9. The van der Waals surface area contributed by atoms with Crippen LogP contribution in [0.25, 0.3) is 10.8 Å². The lowest BCUT2D eigenvalue weighted by atomic mass is 9.55. The summed E-state index contributed by atoms with van der Waals surface area (Å²) in [6, 6.07) is 30.8. The van der Waals surface area contributed by atoms with E-state index in [1.165, 1.54) is 5.56 Å². The molecule has 3 aliphatic heterocycles. The summed E-state index contributed by atoms with van der Waals surface area (Å²) in [7, 11) is -1.25. The minimum absolute atomic E-state index is 0.101. The van der Waals surface area contributed by atoms with Gasteiger partial charge in [-0.25, -0.2) is 0 Å². The number of phenolic OH excluding ortho intramolecular Hbond substituents is 1. The molecular weight excluding hydrogens is 603 g/mol. The molecule has 3 fully saturated rings. The average molecular weight is 643 g/mol. The van der Waals surface area contributed by atoms with Gasteiger partial charge in [-0.3, -0.25) is 19.4 Å². The maximum atomic E-state index is 14.5. The summed E-state index contributed by atoms with van der Waals surface area (Å²) in [6.07, 6.45) is 1.73. The number of aromatic hydroxyl groups is 1. The number of piperidine rings is 1. The van der Waals surface area contributed by atoms with Gasteiger partial charge in [-0.05, 0) is 77.4 Å². The number of carbonyl (C=O) groups excluding carboxylic acids is 2. The lowest BCUT2D eigenvalue weighted by Crippen LogP contribution is -2.48. The van der Waals surface area contributed by atoms with Crippen LogP contribution in [0, 0.1) is 17.8 Å². The third kappa shape index (κ3) is 5.59. The molecule has 0 unspecified atom stereocenters. The SMILES string of the molecule is O=C1[C@H]2[C@H](CC(COc3ccccc3)=C3B(O)O[C@H](c4ccc(O)c5ccccc45)C[C@H]32)C(=O)N1C1CCN(Cc2ccccc2)CC1. The highest BCUT2D eigenvalue weighted by molar-refractivity contribution is 6.53. The van der Waals surface area contributed by atoms with E-state index >= 15 is 0 Å². The summed E-state index contributed by atoms with van der Waals surface area (Å²) in [5.41, 5.74) is 3.60. The van der Waals surface area contributed by atoms with Crippen molar-refractivity contribution in [2.45, 2.75) is 44.4 Å². The number of para-hydroxylation sites is 1. The maximum absolute atomic E-state index is 14.5. The molecule has 4 aliphatic rings. The molecule has 9 heteroatoms. The summed E-state index contributed by atoms with van der Waals surface area (Å²) in [6.45, 7) is 2.69. The zero-order chi connectivity index (χ0) is 32.8. The molecule has 2 amide bonds. The largest absolute Gasteiger partial charge is 0.507 e. The Kier molecular flexibility index (Phi) is 8.28. The molecule has 1 aliphatic carbocycles. The van der Waals surface area contributed by atoms with Crippen LogP contribution in [0.4, 0.5) is 0 Å². The molecule has 0 radical (unpaired) electrons. The minimum atomic E-state index is -1.25. The fourth-order valence-corrected chi connectivity index (χ4v) is 8.58.